The molecule has 2 aromatic heterocycles. The van der Waals surface area contributed by atoms with Gasteiger partial charge in [0.1, 0.15) is 17.7 Å². The van der Waals surface area contributed by atoms with Crippen molar-refractivity contribution in [1.29, 1.82) is 0 Å². The largest absolute Gasteiger partial charge is 0.434 e. The second-order valence-corrected chi connectivity index (χ2v) is 8.17. The Hall–Kier alpha value is -4.93. The average Bonchev–Trinajstić information content (AvgIpc) is 3.33. The van der Waals surface area contributed by atoms with E-state index >= 15 is 0 Å². The molecular formula is C26H20F2N6O3. The first-order chi connectivity index (χ1) is 17.9. The Morgan fingerprint density at radius 2 is 1.92 bits per heavy atom. The molecule has 0 atom stereocenters. The molecule has 37 heavy (non-hydrogen) atoms. The maximum Gasteiger partial charge on any atom is 0.325 e. The zero-order valence-corrected chi connectivity index (χ0v) is 19.3. The van der Waals surface area contributed by atoms with E-state index in [9.17, 15) is 18.4 Å². The number of ether oxygens (including phenoxy) is 1. The van der Waals surface area contributed by atoms with Crippen LogP contribution in [0.15, 0.2) is 72.1 Å². The summed E-state index contributed by atoms with van der Waals surface area (Å²) in [4.78, 5) is 32.5. The van der Waals surface area contributed by atoms with E-state index in [0.29, 0.717) is 17.6 Å². The topological polar surface area (TPSA) is 110 Å². The van der Waals surface area contributed by atoms with Gasteiger partial charge in [-0.2, -0.15) is 10.1 Å². The summed E-state index contributed by atoms with van der Waals surface area (Å²) in [5, 5.41) is 8.74. The average molecular weight is 502 g/mol. The van der Waals surface area contributed by atoms with Gasteiger partial charge in [-0.05, 0) is 59.5 Å². The Morgan fingerprint density at radius 1 is 1.08 bits per heavy atom. The third-order valence-electron chi connectivity index (χ3n) is 5.56. The summed E-state index contributed by atoms with van der Waals surface area (Å²) < 4.78 is 35.1. The molecule has 9 nitrogen and oxygen atoms in total. The summed E-state index contributed by atoms with van der Waals surface area (Å²) in [6.45, 7) is 0.707. The van der Waals surface area contributed by atoms with Crippen LogP contribution in [0.1, 0.15) is 17.5 Å². The van der Waals surface area contributed by atoms with Crippen LogP contribution in [0.4, 0.5) is 19.3 Å². The summed E-state index contributed by atoms with van der Waals surface area (Å²) in [5.74, 6) is -1.71. The lowest BCUT2D eigenvalue weighted by Gasteiger charge is -2.10. The van der Waals surface area contributed by atoms with Gasteiger partial charge in [0.05, 0.1) is 6.42 Å². The minimum atomic E-state index is -0.833. The van der Waals surface area contributed by atoms with Crippen LogP contribution in [0.2, 0.25) is 0 Å². The number of carbonyl (C=O) groups excluding carboxylic acids is 2. The normalized spacial score (nSPS) is 12.8. The number of hydrogen-bond acceptors (Lipinski definition) is 6. The lowest BCUT2D eigenvalue weighted by atomic mass is 10.0. The minimum absolute atomic E-state index is 0.106. The third-order valence-corrected chi connectivity index (χ3v) is 5.56. The first-order valence-corrected chi connectivity index (χ1v) is 11.3. The second kappa shape index (κ2) is 10.4. The molecule has 5 rings (SSSR count). The number of allylic oxidation sites excluding steroid dienone is 1. The van der Waals surface area contributed by atoms with E-state index in [1.807, 2.05) is 18.3 Å². The van der Waals surface area contributed by atoms with E-state index in [4.69, 9.17) is 4.74 Å². The van der Waals surface area contributed by atoms with Gasteiger partial charge in [-0.25, -0.2) is 18.1 Å². The molecule has 0 radical (unpaired) electrons. The lowest BCUT2D eigenvalue weighted by Crippen LogP contribution is -2.35. The standard InChI is InChI=1S/C26H20F2N6O3/c27-19-3-1-16(2-4-19)11-24(35)33-26(36)32-20-5-6-23(21(28)13-20)37-25-22-12-18(14-34(22)31-15-30-25)17-7-9-29-10-8-17/h1-7,9,12-15H,8,10-11H2,(H2,32,33,35,36). The zero-order valence-electron chi connectivity index (χ0n) is 19.3. The zero-order chi connectivity index (χ0) is 25.8. The SMILES string of the molecule is O=C(Cc1ccc(F)cc1)NC(=O)Nc1ccc(Oc2ncnn3cc(C4=CC=NCC4)cc23)c(F)c1. The smallest absolute Gasteiger partial charge is 0.325 e. The van der Waals surface area contributed by atoms with Crippen molar-refractivity contribution < 1.29 is 23.1 Å². The number of urea groups is 1. The molecule has 0 saturated heterocycles. The molecular weight excluding hydrogens is 482 g/mol. The first-order valence-electron chi connectivity index (χ1n) is 11.3. The molecule has 186 valence electrons. The predicted molar refractivity (Wildman–Crippen MR) is 133 cm³/mol. The van der Waals surface area contributed by atoms with Crippen LogP contribution in [-0.4, -0.2) is 39.3 Å². The van der Waals surface area contributed by atoms with Crippen molar-refractivity contribution >= 4 is 34.9 Å². The number of nitrogens with one attached hydrogen (secondary N) is 2. The molecule has 0 saturated carbocycles. The van der Waals surface area contributed by atoms with E-state index < -0.39 is 23.6 Å². The number of benzene rings is 2. The van der Waals surface area contributed by atoms with Gasteiger partial charge in [-0.3, -0.25) is 15.1 Å². The highest BCUT2D eigenvalue weighted by molar-refractivity contribution is 6.01. The number of carbonyl (C=O) groups is 2. The van der Waals surface area contributed by atoms with Crippen molar-refractivity contribution in [3.8, 4) is 11.6 Å². The number of halogens is 2. The Bertz CT molecular complexity index is 1550. The summed E-state index contributed by atoms with van der Waals surface area (Å²) >= 11 is 0. The van der Waals surface area contributed by atoms with Crippen molar-refractivity contribution in [2.75, 3.05) is 11.9 Å². The van der Waals surface area contributed by atoms with Crippen molar-refractivity contribution in [3.63, 3.8) is 0 Å². The molecule has 1 aliphatic heterocycles. The molecule has 0 spiro atoms. The molecule has 0 bridgehead atoms. The van der Waals surface area contributed by atoms with Gasteiger partial charge in [-0.15, -0.1) is 0 Å². The van der Waals surface area contributed by atoms with Gasteiger partial charge >= 0.3 is 6.03 Å². The number of nitrogens with zero attached hydrogens (tertiary/aromatic N) is 4. The highest BCUT2D eigenvalue weighted by Gasteiger charge is 2.15. The molecule has 4 aromatic rings. The van der Waals surface area contributed by atoms with Crippen LogP contribution in [0, 0.1) is 11.6 Å². The summed E-state index contributed by atoms with van der Waals surface area (Å²) in [6, 6.07) is 10.2. The van der Waals surface area contributed by atoms with E-state index in [2.05, 4.69) is 25.7 Å². The maximum atomic E-state index is 14.8. The first kappa shape index (κ1) is 23.8. The minimum Gasteiger partial charge on any atom is -0.434 e. The lowest BCUT2D eigenvalue weighted by molar-refractivity contribution is -0.119. The molecule has 1 aliphatic rings. The predicted octanol–water partition coefficient (Wildman–Crippen LogP) is 4.55. The van der Waals surface area contributed by atoms with E-state index in [-0.39, 0.29) is 23.7 Å². The molecule has 3 heterocycles. The number of dihydropyridines is 1. The van der Waals surface area contributed by atoms with Crippen LogP contribution in [0.3, 0.4) is 0 Å². The Kier molecular flexibility index (Phi) is 6.66. The number of amides is 3. The quantitative estimate of drug-likeness (QED) is 0.402. The fourth-order valence-corrected chi connectivity index (χ4v) is 3.77. The fourth-order valence-electron chi connectivity index (χ4n) is 3.77. The molecule has 2 N–H and O–H groups in total. The fraction of sp³-hybridized carbons (Fsp3) is 0.115. The Labute approximate surface area is 209 Å². The van der Waals surface area contributed by atoms with Crippen molar-refractivity contribution in [2.24, 2.45) is 4.99 Å². The number of aromatic nitrogens is 3. The van der Waals surface area contributed by atoms with Crippen LogP contribution < -0.4 is 15.4 Å². The number of anilines is 1. The third kappa shape index (κ3) is 5.67. The van der Waals surface area contributed by atoms with Crippen LogP contribution in [0.25, 0.3) is 11.1 Å². The second-order valence-electron chi connectivity index (χ2n) is 8.17. The number of imide groups is 1. The number of rotatable bonds is 6. The highest BCUT2D eigenvalue weighted by atomic mass is 19.1. The van der Waals surface area contributed by atoms with Crippen molar-refractivity contribution in [1.82, 2.24) is 19.9 Å². The van der Waals surface area contributed by atoms with Crippen molar-refractivity contribution in [2.45, 2.75) is 12.8 Å². The Balaban J connectivity index is 1.24. The van der Waals surface area contributed by atoms with Gasteiger partial charge < -0.3 is 10.1 Å². The van der Waals surface area contributed by atoms with Gasteiger partial charge in [-0.1, -0.05) is 12.1 Å². The van der Waals surface area contributed by atoms with Gasteiger partial charge in [0.25, 0.3) is 0 Å². The van der Waals surface area contributed by atoms with E-state index in [1.54, 1.807) is 10.7 Å². The van der Waals surface area contributed by atoms with Crippen LogP contribution >= 0.6 is 0 Å². The monoisotopic (exact) mass is 502 g/mol. The molecule has 0 fully saturated rings. The Morgan fingerprint density at radius 3 is 2.68 bits per heavy atom. The van der Waals surface area contributed by atoms with E-state index in [0.717, 1.165) is 23.6 Å². The number of fused-ring (bicyclic) bond motifs is 1. The van der Waals surface area contributed by atoms with E-state index in [1.165, 1.54) is 42.7 Å². The molecule has 11 heteroatoms. The maximum absolute atomic E-state index is 14.8. The molecule has 0 unspecified atom stereocenters. The summed E-state index contributed by atoms with van der Waals surface area (Å²) in [7, 11) is 0. The van der Waals surface area contributed by atoms with Crippen LogP contribution in [0.5, 0.6) is 11.6 Å². The van der Waals surface area contributed by atoms with Gasteiger partial charge in [0.15, 0.2) is 11.6 Å². The molecule has 2 aromatic carbocycles. The van der Waals surface area contributed by atoms with Crippen LogP contribution in [-0.2, 0) is 11.2 Å². The summed E-state index contributed by atoms with van der Waals surface area (Å²) in [6.07, 6.45) is 7.53. The number of hydrogen-bond donors (Lipinski definition) is 2. The summed E-state index contributed by atoms with van der Waals surface area (Å²) in [5.41, 5.74) is 3.25. The number of aliphatic imine (C=N–C) groups is 1. The highest BCUT2D eigenvalue weighted by Crippen LogP contribution is 2.30. The molecule has 0 aliphatic carbocycles. The van der Waals surface area contributed by atoms with Gasteiger partial charge in [0, 0.05) is 30.7 Å². The molecule has 3 amide bonds. The van der Waals surface area contributed by atoms with Crippen molar-refractivity contribution in [3.05, 3.63) is 89.9 Å². The van der Waals surface area contributed by atoms with Gasteiger partial charge in [0.2, 0.25) is 11.8 Å².